The van der Waals surface area contributed by atoms with Gasteiger partial charge in [-0.05, 0) is 30.5 Å². The van der Waals surface area contributed by atoms with Crippen LogP contribution in [0.5, 0.6) is 0 Å². The van der Waals surface area contributed by atoms with Crippen LogP contribution in [-0.2, 0) is 0 Å². The second-order valence-electron chi connectivity index (χ2n) is 8.04. The van der Waals surface area contributed by atoms with E-state index in [9.17, 15) is 14.9 Å². The number of aryl methyl sites for hydroxylation is 1. The molecule has 0 spiro atoms. The van der Waals surface area contributed by atoms with Gasteiger partial charge < -0.3 is 0 Å². The molecule has 4 aromatic rings. The molecular weight excluding hydrogens is 418 g/mol. The van der Waals surface area contributed by atoms with Crippen molar-refractivity contribution in [2.75, 3.05) is 4.90 Å². The van der Waals surface area contributed by atoms with E-state index in [1.54, 1.807) is 16.8 Å². The van der Waals surface area contributed by atoms with Crippen LogP contribution in [0.3, 0.4) is 0 Å². The van der Waals surface area contributed by atoms with Crippen LogP contribution in [0, 0.1) is 17.0 Å². The number of rotatable bonds is 4. The quantitative estimate of drug-likeness (QED) is 0.334. The Kier molecular flexibility index (Phi) is 5.18. The maximum atomic E-state index is 13.8. The van der Waals surface area contributed by atoms with E-state index in [2.05, 4.69) is 22.2 Å². The Morgan fingerprint density at radius 1 is 0.939 bits per heavy atom. The molecule has 8 heteroatoms. The molecule has 33 heavy (non-hydrogen) atoms. The molecule has 0 saturated carbocycles. The molecule has 1 aliphatic heterocycles. The highest BCUT2D eigenvalue weighted by Gasteiger charge is 2.41. The number of amides is 1. The predicted molar refractivity (Wildman–Crippen MR) is 123 cm³/mol. The highest BCUT2D eigenvalue weighted by atomic mass is 16.6. The van der Waals surface area contributed by atoms with Crippen LogP contribution in [0.4, 0.5) is 11.6 Å². The van der Waals surface area contributed by atoms with Gasteiger partial charge in [-0.3, -0.25) is 19.8 Å². The summed E-state index contributed by atoms with van der Waals surface area (Å²) in [5, 5.41) is 16.0. The Bertz CT molecular complexity index is 1320. The van der Waals surface area contributed by atoms with Crippen LogP contribution in [-0.4, -0.2) is 25.6 Å². The van der Waals surface area contributed by atoms with Gasteiger partial charge in [0.25, 0.3) is 11.6 Å². The molecule has 1 amide bonds. The summed E-state index contributed by atoms with van der Waals surface area (Å²) in [6, 6.07) is 23.4. The number of carbonyl (C=O) groups is 1. The molecule has 3 aromatic carbocycles. The largest absolute Gasteiger partial charge is 0.282 e. The van der Waals surface area contributed by atoms with E-state index in [0.29, 0.717) is 12.4 Å². The van der Waals surface area contributed by atoms with Crippen molar-refractivity contribution in [2.24, 2.45) is 0 Å². The number of nitrogens with zero attached hydrogens (tertiary/aromatic N) is 5. The van der Waals surface area contributed by atoms with Gasteiger partial charge in [-0.1, -0.05) is 72.3 Å². The van der Waals surface area contributed by atoms with E-state index >= 15 is 0 Å². The molecular formula is C25H21N5O3. The number of hydrogen-bond acceptors (Lipinski definition) is 5. The van der Waals surface area contributed by atoms with Gasteiger partial charge in [-0.15, -0.1) is 0 Å². The number of fused-ring (bicyclic) bond motifs is 1. The monoisotopic (exact) mass is 439 g/mol. The molecule has 164 valence electrons. The Balaban J connectivity index is 1.67. The molecule has 8 nitrogen and oxygen atoms in total. The van der Waals surface area contributed by atoms with Gasteiger partial charge in [-0.25, -0.2) is 4.68 Å². The Morgan fingerprint density at radius 2 is 1.61 bits per heavy atom. The zero-order chi connectivity index (χ0) is 22.9. The van der Waals surface area contributed by atoms with E-state index in [4.69, 9.17) is 0 Å². The molecule has 0 saturated heterocycles. The van der Waals surface area contributed by atoms with E-state index in [1.165, 1.54) is 23.4 Å². The van der Waals surface area contributed by atoms with Crippen LogP contribution in [0.2, 0.25) is 0 Å². The fourth-order valence-corrected chi connectivity index (χ4v) is 4.39. The first-order chi connectivity index (χ1) is 16.0. The van der Waals surface area contributed by atoms with Crippen LogP contribution in [0.25, 0.3) is 0 Å². The minimum absolute atomic E-state index is 0.0202. The maximum Gasteiger partial charge on any atom is 0.282 e. The van der Waals surface area contributed by atoms with Crippen molar-refractivity contribution in [2.45, 2.75) is 25.4 Å². The lowest BCUT2D eigenvalue weighted by Crippen LogP contribution is -2.42. The number of nitro benzene ring substituents is 1. The predicted octanol–water partition coefficient (Wildman–Crippen LogP) is 4.88. The second kappa shape index (κ2) is 8.31. The van der Waals surface area contributed by atoms with Gasteiger partial charge in [0, 0.05) is 6.07 Å². The summed E-state index contributed by atoms with van der Waals surface area (Å²) in [5.41, 5.74) is 2.93. The lowest BCUT2D eigenvalue weighted by Gasteiger charge is -2.39. The van der Waals surface area contributed by atoms with E-state index in [0.717, 1.165) is 16.7 Å². The van der Waals surface area contributed by atoms with Crippen molar-refractivity contribution in [1.29, 1.82) is 0 Å². The molecule has 1 aromatic heterocycles. The Morgan fingerprint density at radius 3 is 2.33 bits per heavy atom. The summed E-state index contributed by atoms with van der Waals surface area (Å²) in [4.78, 5) is 30.8. The number of anilines is 1. The summed E-state index contributed by atoms with van der Waals surface area (Å²) >= 11 is 0. The SMILES string of the molecule is Cc1ccc([C@H]2C[C@@H](c3ccccc3)N(C(=O)c3ccccc3[N+](=O)[O-])c3ncnn32)cc1. The van der Waals surface area contributed by atoms with Crippen molar-refractivity contribution in [3.8, 4) is 0 Å². The van der Waals surface area contributed by atoms with Gasteiger partial charge in [0.1, 0.15) is 11.9 Å². The number of aromatic nitrogens is 3. The maximum absolute atomic E-state index is 13.8. The smallest absolute Gasteiger partial charge is 0.269 e. The lowest BCUT2D eigenvalue weighted by molar-refractivity contribution is -0.385. The minimum Gasteiger partial charge on any atom is -0.269 e. The topological polar surface area (TPSA) is 94.2 Å². The summed E-state index contributed by atoms with van der Waals surface area (Å²) in [6.07, 6.45) is 1.97. The van der Waals surface area contributed by atoms with E-state index in [-0.39, 0.29) is 23.3 Å². The zero-order valence-corrected chi connectivity index (χ0v) is 17.9. The van der Waals surface area contributed by atoms with Gasteiger partial charge in [-0.2, -0.15) is 10.1 Å². The van der Waals surface area contributed by atoms with Gasteiger partial charge in [0.15, 0.2) is 0 Å². The molecule has 1 aliphatic rings. The summed E-state index contributed by atoms with van der Waals surface area (Å²) in [6.45, 7) is 2.03. The van der Waals surface area contributed by atoms with E-state index < -0.39 is 10.8 Å². The number of hydrogen-bond donors (Lipinski definition) is 0. The third kappa shape index (κ3) is 3.65. The Labute approximate surface area is 190 Å². The molecule has 0 bridgehead atoms. The number of benzene rings is 3. The number of nitro groups is 1. The van der Waals surface area contributed by atoms with Crippen molar-refractivity contribution < 1.29 is 9.72 Å². The van der Waals surface area contributed by atoms with Crippen LogP contribution in [0.15, 0.2) is 85.2 Å². The van der Waals surface area contributed by atoms with Crippen molar-refractivity contribution in [1.82, 2.24) is 14.8 Å². The van der Waals surface area contributed by atoms with Crippen LogP contribution >= 0.6 is 0 Å². The molecule has 0 N–H and O–H groups in total. The first-order valence-corrected chi connectivity index (χ1v) is 10.6. The molecule has 0 unspecified atom stereocenters. The number of para-hydroxylation sites is 1. The second-order valence-corrected chi connectivity index (χ2v) is 8.04. The summed E-state index contributed by atoms with van der Waals surface area (Å²) in [7, 11) is 0. The number of carbonyl (C=O) groups excluding carboxylic acids is 1. The van der Waals surface area contributed by atoms with Crippen molar-refractivity contribution in [3.63, 3.8) is 0 Å². The first kappa shape index (κ1) is 20.6. The van der Waals surface area contributed by atoms with Gasteiger partial charge in [0.2, 0.25) is 5.95 Å². The molecule has 0 aliphatic carbocycles. The van der Waals surface area contributed by atoms with Gasteiger partial charge in [0.05, 0.1) is 17.0 Å². The highest BCUT2D eigenvalue weighted by molar-refractivity contribution is 6.08. The third-order valence-electron chi connectivity index (χ3n) is 6.02. The highest BCUT2D eigenvalue weighted by Crippen LogP contribution is 2.43. The van der Waals surface area contributed by atoms with Gasteiger partial charge >= 0.3 is 0 Å². The summed E-state index contributed by atoms with van der Waals surface area (Å²) < 4.78 is 1.73. The first-order valence-electron chi connectivity index (χ1n) is 10.6. The van der Waals surface area contributed by atoms with Crippen molar-refractivity contribution >= 4 is 17.5 Å². The molecule has 2 atom stereocenters. The van der Waals surface area contributed by atoms with Crippen molar-refractivity contribution in [3.05, 3.63) is 118 Å². The van der Waals surface area contributed by atoms with E-state index in [1.807, 2.05) is 49.4 Å². The third-order valence-corrected chi connectivity index (χ3v) is 6.02. The Hall–Kier alpha value is -4.33. The lowest BCUT2D eigenvalue weighted by atomic mass is 9.91. The fourth-order valence-electron chi connectivity index (χ4n) is 4.39. The standard InChI is InChI=1S/C25H21N5O3/c1-17-11-13-19(14-12-17)23-15-22(18-7-3-2-4-8-18)28(25-26-16-27-29(23)25)24(31)20-9-5-6-10-21(20)30(32)33/h2-14,16,22-23H,15H2,1H3/t22-,23+/m0/s1. The van der Waals surface area contributed by atoms with Crippen LogP contribution < -0.4 is 4.90 Å². The normalized spacial score (nSPS) is 17.4. The molecule has 2 heterocycles. The average Bonchev–Trinajstić information content (AvgIpc) is 3.33. The molecule has 0 radical (unpaired) electrons. The minimum atomic E-state index is -0.533. The fraction of sp³-hybridized carbons (Fsp3) is 0.160. The molecule has 0 fully saturated rings. The average molecular weight is 439 g/mol. The zero-order valence-electron chi connectivity index (χ0n) is 17.9. The van der Waals surface area contributed by atoms with Crippen LogP contribution in [0.1, 0.15) is 45.6 Å². The summed E-state index contributed by atoms with van der Waals surface area (Å²) in [5.74, 6) is -0.114. The molecule has 5 rings (SSSR count).